The van der Waals surface area contributed by atoms with E-state index in [0.717, 1.165) is 19.4 Å². The van der Waals surface area contributed by atoms with Gasteiger partial charge in [0.15, 0.2) is 0 Å². The lowest BCUT2D eigenvalue weighted by molar-refractivity contribution is 0.243. The Labute approximate surface area is 67.9 Å². The Balaban J connectivity index is 3.30. The largest absolute Gasteiger partial charge is 0.338 e. The molecule has 3 nitrogen and oxygen atoms in total. The molecule has 0 aromatic rings. The van der Waals surface area contributed by atoms with Gasteiger partial charge in [-0.2, -0.15) is 0 Å². The van der Waals surface area contributed by atoms with Crippen molar-refractivity contribution in [3.05, 3.63) is 12.3 Å². The van der Waals surface area contributed by atoms with E-state index in [-0.39, 0.29) is 6.03 Å². The van der Waals surface area contributed by atoms with Gasteiger partial charge in [0, 0.05) is 12.2 Å². The SMILES string of the molecule is C=C(C)NC(=O)NCCCC. The van der Waals surface area contributed by atoms with Gasteiger partial charge >= 0.3 is 6.03 Å². The number of hydrogen-bond acceptors (Lipinski definition) is 1. The summed E-state index contributed by atoms with van der Waals surface area (Å²) in [6.45, 7) is 8.11. The van der Waals surface area contributed by atoms with E-state index < -0.39 is 0 Å². The molecule has 0 rings (SSSR count). The molecule has 0 aromatic carbocycles. The quantitative estimate of drug-likeness (QED) is 0.597. The zero-order valence-corrected chi connectivity index (χ0v) is 7.24. The van der Waals surface area contributed by atoms with Crippen LogP contribution < -0.4 is 10.6 Å². The summed E-state index contributed by atoms with van der Waals surface area (Å²) in [5.41, 5.74) is 0.666. The lowest BCUT2D eigenvalue weighted by Gasteiger charge is -2.04. The molecule has 0 saturated carbocycles. The fraction of sp³-hybridized carbons (Fsp3) is 0.625. The average Bonchev–Trinajstić information content (AvgIpc) is 1.86. The molecular formula is C8H16N2O. The highest BCUT2D eigenvalue weighted by Crippen LogP contribution is 1.83. The molecule has 0 saturated heterocycles. The number of carbonyl (C=O) groups excluding carboxylic acids is 1. The maximum absolute atomic E-state index is 10.8. The third-order valence-corrected chi connectivity index (χ3v) is 1.14. The molecule has 3 heteroatoms. The average molecular weight is 156 g/mol. The highest BCUT2D eigenvalue weighted by molar-refractivity contribution is 5.75. The van der Waals surface area contributed by atoms with Crippen molar-refractivity contribution in [1.82, 2.24) is 10.6 Å². The molecule has 0 bridgehead atoms. The van der Waals surface area contributed by atoms with Crippen LogP contribution in [0.1, 0.15) is 26.7 Å². The van der Waals surface area contributed by atoms with Crippen LogP contribution in [0.4, 0.5) is 4.79 Å². The summed E-state index contributed by atoms with van der Waals surface area (Å²) in [4.78, 5) is 10.8. The highest BCUT2D eigenvalue weighted by Gasteiger charge is 1.95. The molecule has 0 heterocycles. The standard InChI is InChI=1S/C8H16N2O/c1-4-5-6-9-8(11)10-7(2)3/h2,4-6H2,1,3H3,(H2,9,10,11). The summed E-state index contributed by atoms with van der Waals surface area (Å²) in [6.07, 6.45) is 2.11. The van der Waals surface area contributed by atoms with Gasteiger partial charge in [0.2, 0.25) is 0 Å². The van der Waals surface area contributed by atoms with Gasteiger partial charge < -0.3 is 10.6 Å². The van der Waals surface area contributed by atoms with Gasteiger partial charge in [-0.1, -0.05) is 19.9 Å². The zero-order valence-electron chi connectivity index (χ0n) is 7.24. The number of nitrogens with one attached hydrogen (secondary N) is 2. The molecule has 11 heavy (non-hydrogen) atoms. The van der Waals surface area contributed by atoms with E-state index in [9.17, 15) is 4.79 Å². The van der Waals surface area contributed by atoms with Gasteiger partial charge in [0.25, 0.3) is 0 Å². The van der Waals surface area contributed by atoms with Crippen molar-refractivity contribution in [2.24, 2.45) is 0 Å². The summed E-state index contributed by atoms with van der Waals surface area (Å²) in [7, 11) is 0. The minimum atomic E-state index is -0.161. The zero-order chi connectivity index (χ0) is 8.69. The van der Waals surface area contributed by atoms with E-state index in [1.165, 1.54) is 0 Å². The van der Waals surface area contributed by atoms with Crippen molar-refractivity contribution < 1.29 is 4.79 Å². The highest BCUT2D eigenvalue weighted by atomic mass is 16.2. The Morgan fingerprint density at radius 1 is 1.55 bits per heavy atom. The van der Waals surface area contributed by atoms with Gasteiger partial charge in [-0.05, 0) is 13.3 Å². The summed E-state index contributed by atoms with van der Waals surface area (Å²) >= 11 is 0. The van der Waals surface area contributed by atoms with Crippen LogP contribution in [0.5, 0.6) is 0 Å². The van der Waals surface area contributed by atoms with Crippen LogP contribution in [0, 0.1) is 0 Å². The van der Waals surface area contributed by atoms with Crippen molar-refractivity contribution in [3.63, 3.8) is 0 Å². The lowest BCUT2D eigenvalue weighted by atomic mass is 10.3. The molecule has 2 N–H and O–H groups in total. The van der Waals surface area contributed by atoms with Gasteiger partial charge in [0.05, 0.1) is 0 Å². The molecule has 0 radical (unpaired) electrons. The molecule has 0 unspecified atom stereocenters. The molecule has 64 valence electrons. The molecule has 0 aliphatic rings. The predicted octanol–water partition coefficient (Wildman–Crippen LogP) is 1.62. The third-order valence-electron chi connectivity index (χ3n) is 1.14. The number of amides is 2. The van der Waals surface area contributed by atoms with Crippen molar-refractivity contribution in [1.29, 1.82) is 0 Å². The number of hydrogen-bond donors (Lipinski definition) is 2. The molecule has 2 amide bonds. The lowest BCUT2D eigenvalue weighted by Crippen LogP contribution is -2.34. The third kappa shape index (κ3) is 6.90. The van der Waals surface area contributed by atoms with Crippen LogP contribution in [0.15, 0.2) is 12.3 Å². The molecule has 0 aliphatic heterocycles. The van der Waals surface area contributed by atoms with E-state index in [2.05, 4.69) is 24.1 Å². The second-order valence-corrected chi connectivity index (χ2v) is 2.51. The van der Waals surface area contributed by atoms with Crippen molar-refractivity contribution >= 4 is 6.03 Å². The van der Waals surface area contributed by atoms with Gasteiger partial charge in [-0.25, -0.2) is 4.79 Å². The van der Waals surface area contributed by atoms with Crippen LogP contribution in [0.3, 0.4) is 0 Å². The Morgan fingerprint density at radius 3 is 2.64 bits per heavy atom. The molecule has 0 aliphatic carbocycles. The minimum Gasteiger partial charge on any atom is -0.338 e. The van der Waals surface area contributed by atoms with Crippen LogP contribution in [-0.4, -0.2) is 12.6 Å². The van der Waals surface area contributed by atoms with Crippen LogP contribution >= 0.6 is 0 Å². The first-order chi connectivity index (χ1) is 5.16. The van der Waals surface area contributed by atoms with Gasteiger partial charge in [-0.3, -0.25) is 0 Å². The molecular weight excluding hydrogens is 140 g/mol. The van der Waals surface area contributed by atoms with E-state index in [1.807, 2.05) is 0 Å². The molecule has 0 atom stereocenters. The van der Waals surface area contributed by atoms with Crippen molar-refractivity contribution in [2.45, 2.75) is 26.7 Å². The maximum atomic E-state index is 10.8. The Morgan fingerprint density at radius 2 is 2.18 bits per heavy atom. The van der Waals surface area contributed by atoms with E-state index in [4.69, 9.17) is 0 Å². The first-order valence-electron chi connectivity index (χ1n) is 3.87. The smallest absolute Gasteiger partial charge is 0.318 e. The maximum Gasteiger partial charge on any atom is 0.318 e. The normalized spacial score (nSPS) is 8.91. The molecule has 0 spiro atoms. The monoisotopic (exact) mass is 156 g/mol. The first kappa shape index (κ1) is 10.0. The Kier molecular flexibility index (Phi) is 5.25. The Bertz CT molecular complexity index is 143. The fourth-order valence-corrected chi connectivity index (χ4v) is 0.617. The van der Waals surface area contributed by atoms with Crippen molar-refractivity contribution in [2.75, 3.05) is 6.54 Å². The van der Waals surface area contributed by atoms with E-state index in [0.29, 0.717) is 5.70 Å². The predicted molar refractivity (Wildman–Crippen MR) is 46.3 cm³/mol. The summed E-state index contributed by atoms with van der Waals surface area (Å²) in [5.74, 6) is 0. The van der Waals surface area contributed by atoms with Crippen LogP contribution in [0.2, 0.25) is 0 Å². The number of unbranched alkanes of at least 4 members (excludes halogenated alkanes) is 1. The summed E-state index contributed by atoms with van der Waals surface area (Å²) < 4.78 is 0. The van der Waals surface area contributed by atoms with Crippen molar-refractivity contribution in [3.8, 4) is 0 Å². The first-order valence-corrected chi connectivity index (χ1v) is 3.87. The van der Waals surface area contributed by atoms with E-state index in [1.54, 1.807) is 6.92 Å². The van der Waals surface area contributed by atoms with Gasteiger partial charge in [0.1, 0.15) is 0 Å². The number of urea groups is 1. The van der Waals surface area contributed by atoms with Crippen LogP contribution in [0.25, 0.3) is 0 Å². The topological polar surface area (TPSA) is 41.1 Å². The van der Waals surface area contributed by atoms with Gasteiger partial charge in [-0.15, -0.1) is 0 Å². The second kappa shape index (κ2) is 5.77. The molecule has 0 aromatic heterocycles. The molecule has 0 fully saturated rings. The minimum absolute atomic E-state index is 0.161. The number of carbonyl (C=O) groups is 1. The number of allylic oxidation sites excluding steroid dienone is 1. The Hall–Kier alpha value is -0.990. The second-order valence-electron chi connectivity index (χ2n) is 2.51. The van der Waals surface area contributed by atoms with E-state index >= 15 is 0 Å². The number of rotatable bonds is 4. The summed E-state index contributed by atoms with van der Waals surface area (Å²) in [6, 6.07) is -0.161. The fourth-order valence-electron chi connectivity index (χ4n) is 0.617. The summed E-state index contributed by atoms with van der Waals surface area (Å²) in [5, 5.41) is 5.26. The van der Waals surface area contributed by atoms with Crippen LogP contribution in [-0.2, 0) is 0 Å².